The second kappa shape index (κ2) is 2.45. The summed E-state index contributed by atoms with van der Waals surface area (Å²) in [5, 5.41) is 14.8. The minimum atomic E-state index is -2.47. The summed E-state index contributed by atoms with van der Waals surface area (Å²) < 4.78 is 0. The highest BCUT2D eigenvalue weighted by Gasteiger charge is 2.50. The maximum absolute atomic E-state index is 10.9. The Bertz CT molecular complexity index is 263. The Hall–Kier alpha value is -1.63. The highest BCUT2D eigenvalue weighted by Crippen LogP contribution is 2.05. The molecule has 1 aliphatic rings. The van der Waals surface area contributed by atoms with E-state index in [-0.39, 0.29) is 0 Å². The second-order valence-electron chi connectivity index (χ2n) is 2.20. The Balaban J connectivity index is 2.92. The van der Waals surface area contributed by atoms with Gasteiger partial charge >= 0.3 is 11.8 Å². The predicted octanol–water partition coefficient (Wildman–Crippen LogP) is -2.74. The second-order valence-corrected chi connectivity index (χ2v) is 2.20. The summed E-state index contributed by atoms with van der Waals surface area (Å²) in [6.45, 7) is 0. The van der Waals surface area contributed by atoms with Crippen LogP contribution in [0.4, 0.5) is 4.79 Å². The normalized spacial score (nSPS) is 27.8. The van der Waals surface area contributed by atoms with E-state index in [1.807, 2.05) is 5.32 Å². The summed E-state index contributed by atoms with van der Waals surface area (Å²) in [6.07, 6.45) is 0. The van der Waals surface area contributed by atoms with Crippen molar-refractivity contribution in [1.29, 1.82) is 0 Å². The molecule has 1 aliphatic heterocycles. The number of carbonyl (C=O) groups is 3. The molecule has 7 nitrogen and oxygen atoms in total. The first kappa shape index (κ1) is 8.47. The topological polar surface area (TPSA) is 108 Å². The number of hydrogen-bond donors (Lipinski definition) is 4. The number of aliphatic hydroxyl groups is 1. The third-order valence-corrected chi connectivity index (χ3v) is 1.41. The van der Waals surface area contributed by atoms with Gasteiger partial charge in [0.05, 0.1) is 0 Å². The van der Waals surface area contributed by atoms with E-state index in [1.165, 1.54) is 7.05 Å². The van der Waals surface area contributed by atoms with Gasteiger partial charge in [0.1, 0.15) is 0 Å². The molecule has 7 heteroatoms. The Labute approximate surface area is 67.1 Å². The molecule has 1 heterocycles. The van der Waals surface area contributed by atoms with E-state index in [0.717, 1.165) is 0 Å². The minimum absolute atomic E-state index is 0.897. The van der Waals surface area contributed by atoms with E-state index in [9.17, 15) is 19.5 Å². The monoisotopic (exact) mass is 173 g/mol. The third kappa shape index (κ3) is 0.996. The van der Waals surface area contributed by atoms with Crippen LogP contribution in [0.15, 0.2) is 0 Å². The van der Waals surface area contributed by atoms with E-state index in [0.29, 0.717) is 0 Å². The van der Waals surface area contributed by atoms with Crippen LogP contribution in [0.1, 0.15) is 0 Å². The number of amides is 4. The Morgan fingerprint density at radius 1 is 1.58 bits per heavy atom. The molecule has 12 heavy (non-hydrogen) atoms. The molecule has 1 rings (SSSR count). The van der Waals surface area contributed by atoms with Gasteiger partial charge < -0.3 is 10.4 Å². The molecule has 1 unspecified atom stereocenters. The van der Waals surface area contributed by atoms with E-state index in [1.54, 1.807) is 10.6 Å². The van der Waals surface area contributed by atoms with Gasteiger partial charge in [-0.3, -0.25) is 20.2 Å². The van der Waals surface area contributed by atoms with Crippen LogP contribution in [0, 0.1) is 0 Å². The zero-order chi connectivity index (χ0) is 9.35. The summed E-state index contributed by atoms with van der Waals surface area (Å²) in [7, 11) is 1.23. The molecule has 0 spiro atoms. The first-order valence-corrected chi connectivity index (χ1v) is 3.09. The molecule has 0 saturated carbocycles. The van der Waals surface area contributed by atoms with Crippen molar-refractivity contribution in [2.24, 2.45) is 0 Å². The van der Waals surface area contributed by atoms with Crippen molar-refractivity contribution in [2.45, 2.75) is 5.72 Å². The fourth-order valence-corrected chi connectivity index (χ4v) is 0.787. The number of urea groups is 1. The van der Waals surface area contributed by atoms with Crippen LogP contribution in [-0.4, -0.2) is 35.7 Å². The summed E-state index contributed by atoms with van der Waals surface area (Å²) in [4.78, 5) is 32.2. The Morgan fingerprint density at radius 2 is 2.17 bits per heavy atom. The zero-order valence-corrected chi connectivity index (χ0v) is 6.17. The van der Waals surface area contributed by atoms with Crippen LogP contribution < -0.4 is 16.0 Å². The molecule has 0 aromatic rings. The Kier molecular flexibility index (Phi) is 1.73. The van der Waals surface area contributed by atoms with Gasteiger partial charge in [0.15, 0.2) is 0 Å². The van der Waals surface area contributed by atoms with Gasteiger partial charge in [-0.1, -0.05) is 0 Å². The lowest BCUT2D eigenvalue weighted by molar-refractivity contribution is -0.151. The lowest BCUT2D eigenvalue weighted by Gasteiger charge is -2.15. The maximum Gasteiger partial charge on any atom is 0.324 e. The molecular formula is C5H7N3O4. The largest absolute Gasteiger partial charge is 0.356 e. The SMILES string of the molecule is CNC(=O)C1(O)NC(=O)NC1=O. The Morgan fingerprint density at radius 3 is 2.50 bits per heavy atom. The molecule has 4 amide bonds. The van der Waals surface area contributed by atoms with Crippen LogP contribution in [0.3, 0.4) is 0 Å². The molecule has 1 atom stereocenters. The number of rotatable bonds is 1. The predicted molar refractivity (Wildman–Crippen MR) is 35.7 cm³/mol. The van der Waals surface area contributed by atoms with Crippen molar-refractivity contribution >= 4 is 17.8 Å². The van der Waals surface area contributed by atoms with Crippen LogP contribution in [0.5, 0.6) is 0 Å². The first-order valence-electron chi connectivity index (χ1n) is 3.09. The van der Waals surface area contributed by atoms with Gasteiger partial charge in [-0.05, 0) is 0 Å². The van der Waals surface area contributed by atoms with Crippen molar-refractivity contribution in [3.05, 3.63) is 0 Å². The fourth-order valence-electron chi connectivity index (χ4n) is 0.787. The summed E-state index contributed by atoms with van der Waals surface area (Å²) in [5.74, 6) is -2.06. The highest BCUT2D eigenvalue weighted by molar-refractivity contribution is 6.18. The third-order valence-electron chi connectivity index (χ3n) is 1.41. The standard InChI is InChI=1S/C5H7N3O4/c1-6-2(9)5(12)3(10)7-4(11)8-5/h12H,1H3,(H,6,9)(H2,7,8,10,11). The molecule has 1 fully saturated rings. The quantitative estimate of drug-likeness (QED) is 0.255. The van der Waals surface area contributed by atoms with Gasteiger partial charge in [-0.15, -0.1) is 0 Å². The zero-order valence-electron chi connectivity index (χ0n) is 6.17. The van der Waals surface area contributed by atoms with Gasteiger partial charge in [-0.25, -0.2) is 4.79 Å². The summed E-state index contributed by atoms with van der Waals surface area (Å²) in [5.41, 5.74) is -2.47. The fraction of sp³-hybridized carbons (Fsp3) is 0.400. The molecule has 66 valence electrons. The van der Waals surface area contributed by atoms with Crippen molar-refractivity contribution in [2.75, 3.05) is 7.05 Å². The first-order chi connectivity index (χ1) is 5.50. The molecule has 0 bridgehead atoms. The maximum atomic E-state index is 10.9. The van der Waals surface area contributed by atoms with Crippen molar-refractivity contribution in [3.8, 4) is 0 Å². The van der Waals surface area contributed by atoms with Crippen LogP contribution >= 0.6 is 0 Å². The molecular weight excluding hydrogens is 166 g/mol. The number of imide groups is 1. The van der Waals surface area contributed by atoms with Gasteiger partial charge in [-0.2, -0.15) is 0 Å². The molecule has 1 saturated heterocycles. The van der Waals surface area contributed by atoms with Crippen LogP contribution in [0.25, 0.3) is 0 Å². The van der Waals surface area contributed by atoms with Crippen LogP contribution in [-0.2, 0) is 9.59 Å². The summed E-state index contributed by atoms with van der Waals surface area (Å²) in [6, 6.07) is -0.897. The van der Waals surface area contributed by atoms with E-state index in [2.05, 4.69) is 0 Å². The molecule has 4 N–H and O–H groups in total. The number of carbonyl (C=O) groups excluding carboxylic acids is 3. The molecule has 0 aliphatic carbocycles. The average molecular weight is 173 g/mol. The van der Waals surface area contributed by atoms with E-state index >= 15 is 0 Å². The van der Waals surface area contributed by atoms with Crippen molar-refractivity contribution in [1.82, 2.24) is 16.0 Å². The lowest BCUT2D eigenvalue weighted by atomic mass is 10.2. The molecule has 0 aromatic carbocycles. The van der Waals surface area contributed by atoms with Crippen molar-refractivity contribution < 1.29 is 19.5 Å². The number of likely N-dealkylation sites (N-methyl/N-ethyl adjacent to an activating group) is 1. The smallest absolute Gasteiger partial charge is 0.324 e. The number of hydrogen-bond acceptors (Lipinski definition) is 4. The minimum Gasteiger partial charge on any atom is -0.356 e. The molecule has 0 aromatic heterocycles. The van der Waals surface area contributed by atoms with Gasteiger partial charge in [0.2, 0.25) is 0 Å². The number of nitrogens with one attached hydrogen (secondary N) is 3. The van der Waals surface area contributed by atoms with E-state index < -0.39 is 23.6 Å². The van der Waals surface area contributed by atoms with Crippen LogP contribution in [0.2, 0.25) is 0 Å². The van der Waals surface area contributed by atoms with E-state index in [4.69, 9.17) is 0 Å². The van der Waals surface area contributed by atoms with Gasteiger partial charge in [0, 0.05) is 7.05 Å². The molecule has 0 radical (unpaired) electrons. The van der Waals surface area contributed by atoms with Crippen molar-refractivity contribution in [3.63, 3.8) is 0 Å². The summed E-state index contributed by atoms with van der Waals surface area (Å²) >= 11 is 0. The average Bonchev–Trinajstić information content (AvgIpc) is 2.26. The van der Waals surface area contributed by atoms with Gasteiger partial charge in [0.25, 0.3) is 11.8 Å². The highest BCUT2D eigenvalue weighted by atomic mass is 16.3. The lowest BCUT2D eigenvalue weighted by Crippen LogP contribution is -2.58.